The van der Waals surface area contributed by atoms with Gasteiger partial charge in [0.25, 0.3) is 0 Å². The average molecular weight is 380 g/mol. The number of amides is 2. The Morgan fingerprint density at radius 1 is 1.31 bits per heavy atom. The number of benzene rings is 1. The molecular weight excluding hydrogens is 350 g/mol. The molecule has 1 fully saturated rings. The summed E-state index contributed by atoms with van der Waals surface area (Å²) < 4.78 is 0. The molecule has 144 valence electrons. The maximum absolute atomic E-state index is 12.6. The van der Waals surface area contributed by atoms with Crippen LogP contribution in [-0.2, 0) is 4.79 Å². The van der Waals surface area contributed by atoms with Crippen molar-refractivity contribution in [3.63, 3.8) is 0 Å². The number of urea groups is 1. The Bertz CT molecular complexity index is 621. The minimum atomic E-state index is -0.825. The minimum absolute atomic E-state index is 0.0624. The summed E-state index contributed by atoms with van der Waals surface area (Å²) in [7, 11) is 3.98. The number of likely N-dealkylation sites (N-methyl/N-ethyl adjacent to an activating group) is 1. The number of hydrogen-bond donors (Lipinski definition) is 2. The number of nitrogens with one attached hydrogen (secondary N) is 1. The van der Waals surface area contributed by atoms with Gasteiger partial charge < -0.3 is 20.2 Å². The number of piperidine rings is 1. The number of carbonyl (C=O) groups excluding carboxylic acids is 1. The molecule has 1 aromatic carbocycles. The molecule has 2 amide bonds. The zero-order chi connectivity index (χ0) is 19.3. The Kier molecular flexibility index (Phi) is 7.34. The van der Waals surface area contributed by atoms with Gasteiger partial charge in [0.2, 0.25) is 0 Å². The van der Waals surface area contributed by atoms with Crippen molar-refractivity contribution in [3.8, 4) is 0 Å². The molecular formula is C19H29N3O3S. The molecule has 0 bridgehead atoms. The fraction of sp³-hybridized carbons (Fsp3) is 0.579. The van der Waals surface area contributed by atoms with Crippen LogP contribution in [0.1, 0.15) is 24.9 Å². The highest BCUT2D eigenvalue weighted by molar-refractivity contribution is 7.98. The van der Waals surface area contributed by atoms with Gasteiger partial charge in [0.1, 0.15) is 0 Å². The fourth-order valence-corrected chi connectivity index (χ4v) is 3.82. The molecule has 1 aliphatic rings. The van der Waals surface area contributed by atoms with E-state index in [1.807, 2.05) is 27.3 Å². The number of carboxylic acid groups (broad SMARTS) is 1. The zero-order valence-corrected chi connectivity index (χ0v) is 16.8. The summed E-state index contributed by atoms with van der Waals surface area (Å²) in [6.07, 6.45) is 2.67. The molecule has 1 heterocycles. The van der Waals surface area contributed by atoms with Crippen LogP contribution in [0, 0.1) is 11.8 Å². The SMILES string of the molecule is CSc1ccc(C(CNC(=O)N2CC(C)CC(C(=O)O)C2)N(C)C)cc1. The lowest BCUT2D eigenvalue weighted by Crippen LogP contribution is -2.50. The van der Waals surface area contributed by atoms with Gasteiger partial charge in [0, 0.05) is 24.5 Å². The molecule has 0 aliphatic carbocycles. The molecule has 6 nitrogen and oxygen atoms in total. The van der Waals surface area contributed by atoms with Crippen molar-refractivity contribution in [2.24, 2.45) is 11.8 Å². The van der Waals surface area contributed by atoms with Gasteiger partial charge in [-0.1, -0.05) is 19.1 Å². The highest BCUT2D eigenvalue weighted by Gasteiger charge is 2.32. The van der Waals surface area contributed by atoms with E-state index in [0.717, 1.165) is 5.56 Å². The second-order valence-electron chi connectivity index (χ2n) is 7.22. The molecule has 26 heavy (non-hydrogen) atoms. The summed E-state index contributed by atoms with van der Waals surface area (Å²) in [5.74, 6) is -1.11. The van der Waals surface area contributed by atoms with Crippen LogP contribution >= 0.6 is 11.8 Å². The highest BCUT2D eigenvalue weighted by Crippen LogP contribution is 2.23. The third-order valence-electron chi connectivity index (χ3n) is 4.87. The summed E-state index contributed by atoms with van der Waals surface area (Å²) in [5, 5.41) is 12.3. The Morgan fingerprint density at radius 3 is 2.50 bits per heavy atom. The number of nitrogens with zero attached hydrogens (tertiary/aromatic N) is 2. The van der Waals surface area contributed by atoms with E-state index in [4.69, 9.17) is 0 Å². The number of rotatable bonds is 6. The van der Waals surface area contributed by atoms with Crippen molar-refractivity contribution in [1.29, 1.82) is 0 Å². The lowest BCUT2D eigenvalue weighted by atomic mass is 9.91. The number of thioether (sulfide) groups is 1. The third-order valence-corrected chi connectivity index (χ3v) is 5.61. The van der Waals surface area contributed by atoms with Crippen LogP contribution in [-0.4, -0.2) is 66.9 Å². The van der Waals surface area contributed by atoms with Crippen molar-refractivity contribution in [2.75, 3.05) is 40.0 Å². The van der Waals surface area contributed by atoms with Gasteiger partial charge >= 0.3 is 12.0 Å². The summed E-state index contributed by atoms with van der Waals surface area (Å²) >= 11 is 1.70. The Labute approximate surface area is 159 Å². The van der Waals surface area contributed by atoms with E-state index in [0.29, 0.717) is 19.5 Å². The Morgan fingerprint density at radius 2 is 1.96 bits per heavy atom. The lowest BCUT2D eigenvalue weighted by Gasteiger charge is -2.35. The minimum Gasteiger partial charge on any atom is -0.481 e. The third kappa shape index (κ3) is 5.38. The van der Waals surface area contributed by atoms with Gasteiger partial charge in [0.05, 0.1) is 12.0 Å². The second kappa shape index (κ2) is 9.28. The van der Waals surface area contributed by atoms with Crippen LogP contribution in [0.2, 0.25) is 0 Å². The van der Waals surface area contributed by atoms with Crippen LogP contribution in [0.5, 0.6) is 0 Å². The van der Waals surface area contributed by atoms with Crippen molar-refractivity contribution in [2.45, 2.75) is 24.3 Å². The molecule has 3 unspecified atom stereocenters. The van der Waals surface area contributed by atoms with Gasteiger partial charge in [-0.25, -0.2) is 4.79 Å². The standard InChI is InChI=1S/C19H29N3O3S/c1-13-9-15(18(23)24)12-22(11-13)19(25)20-10-17(21(2)3)14-5-7-16(26-4)8-6-14/h5-8,13,15,17H,9-12H2,1-4H3,(H,20,25)(H,23,24). The largest absolute Gasteiger partial charge is 0.481 e. The van der Waals surface area contributed by atoms with Gasteiger partial charge in [-0.2, -0.15) is 0 Å². The van der Waals surface area contributed by atoms with E-state index >= 15 is 0 Å². The molecule has 0 saturated carbocycles. The average Bonchev–Trinajstić information content (AvgIpc) is 2.61. The van der Waals surface area contributed by atoms with Crippen LogP contribution in [0.4, 0.5) is 4.79 Å². The predicted molar refractivity (Wildman–Crippen MR) is 105 cm³/mol. The first-order valence-corrected chi connectivity index (χ1v) is 10.1. The number of aliphatic carboxylic acids is 1. The van der Waals surface area contributed by atoms with Crippen LogP contribution in [0.25, 0.3) is 0 Å². The fourth-order valence-electron chi connectivity index (χ4n) is 3.42. The molecule has 2 rings (SSSR count). The molecule has 7 heteroatoms. The van der Waals surface area contributed by atoms with E-state index in [9.17, 15) is 14.7 Å². The van der Waals surface area contributed by atoms with Gasteiger partial charge in [-0.3, -0.25) is 4.79 Å². The molecule has 1 aromatic rings. The quantitative estimate of drug-likeness (QED) is 0.744. The van der Waals surface area contributed by atoms with Crippen LogP contribution in [0.3, 0.4) is 0 Å². The van der Waals surface area contributed by atoms with Gasteiger partial charge in [-0.05, 0) is 50.4 Å². The molecule has 0 spiro atoms. The lowest BCUT2D eigenvalue weighted by molar-refractivity contribution is -0.143. The van der Waals surface area contributed by atoms with E-state index in [-0.39, 0.29) is 24.5 Å². The highest BCUT2D eigenvalue weighted by atomic mass is 32.2. The topological polar surface area (TPSA) is 72.9 Å². The van der Waals surface area contributed by atoms with E-state index in [2.05, 4.69) is 34.5 Å². The molecule has 0 radical (unpaired) electrons. The molecule has 0 aromatic heterocycles. The summed E-state index contributed by atoms with van der Waals surface area (Å²) in [6, 6.07) is 8.23. The molecule has 2 N–H and O–H groups in total. The zero-order valence-electron chi connectivity index (χ0n) is 15.9. The summed E-state index contributed by atoms with van der Waals surface area (Å²) in [6.45, 7) is 3.35. The van der Waals surface area contributed by atoms with Crippen LogP contribution < -0.4 is 5.32 Å². The second-order valence-corrected chi connectivity index (χ2v) is 8.10. The molecule has 1 saturated heterocycles. The number of carbonyl (C=O) groups is 2. The first kappa shape index (κ1) is 20.6. The van der Waals surface area contributed by atoms with Crippen LogP contribution in [0.15, 0.2) is 29.2 Å². The van der Waals surface area contributed by atoms with E-state index < -0.39 is 11.9 Å². The van der Waals surface area contributed by atoms with Crippen molar-refractivity contribution in [1.82, 2.24) is 15.1 Å². The molecule has 3 atom stereocenters. The first-order valence-electron chi connectivity index (χ1n) is 8.87. The maximum Gasteiger partial charge on any atom is 0.317 e. The Hall–Kier alpha value is -1.73. The number of likely N-dealkylation sites (tertiary alicyclic amines) is 1. The maximum atomic E-state index is 12.6. The number of hydrogen-bond acceptors (Lipinski definition) is 4. The normalized spacial score (nSPS) is 21.5. The van der Waals surface area contributed by atoms with Crippen molar-refractivity contribution in [3.05, 3.63) is 29.8 Å². The summed E-state index contributed by atoms with van der Waals surface area (Å²) in [4.78, 5) is 28.8. The van der Waals surface area contributed by atoms with Gasteiger partial charge in [-0.15, -0.1) is 11.8 Å². The Balaban J connectivity index is 1.99. The smallest absolute Gasteiger partial charge is 0.317 e. The summed E-state index contributed by atoms with van der Waals surface area (Å²) in [5.41, 5.74) is 1.14. The first-order chi connectivity index (χ1) is 12.3. The molecule has 1 aliphatic heterocycles. The monoisotopic (exact) mass is 379 g/mol. The van der Waals surface area contributed by atoms with Gasteiger partial charge in [0.15, 0.2) is 0 Å². The number of carboxylic acids is 1. The van der Waals surface area contributed by atoms with Crippen molar-refractivity contribution < 1.29 is 14.7 Å². The van der Waals surface area contributed by atoms with E-state index in [1.54, 1.807) is 16.7 Å². The van der Waals surface area contributed by atoms with Crippen molar-refractivity contribution >= 4 is 23.8 Å². The van der Waals surface area contributed by atoms with E-state index in [1.165, 1.54) is 4.90 Å². The predicted octanol–water partition coefficient (Wildman–Crippen LogP) is 2.76.